The third kappa shape index (κ3) is 3.04. The molecule has 2 aliphatic heterocycles. The second-order valence-corrected chi connectivity index (χ2v) is 7.31. The van der Waals surface area contributed by atoms with Crippen LogP contribution in [0.4, 0.5) is 4.39 Å². The summed E-state index contributed by atoms with van der Waals surface area (Å²) in [6.45, 7) is 2.64. The van der Waals surface area contributed by atoms with E-state index in [0.717, 1.165) is 35.2 Å². The van der Waals surface area contributed by atoms with Crippen LogP contribution in [-0.2, 0) is 0 Å². The maximum atomic E-state index is 12.7. The van der Waals surface area contributed by atoms with Crippen molar-refractivity contribution in [2.45, 2.75) is 5.92 Å². The van der Waals surface area contributed by atoms with Gasteiger partial charge in [-0.25, -0.2) is 4.39 Å². The number of alkyl halides is 1. The molecule has 0 amide bonds. The lowest BCUT2D eigenvalue weighted by atomic mass is 9.99. The number of terminal acetylenes is 1. The Morgan fingerprint density at radius 3 is 2.88 bits per heavy atom. The van der Waals surface area contributed by atoms with E-state index in [4.69, 9.17) is 6.42 Å². The second kappa shape index (κ2) is 7.01. The Morgan fingerprint density at radius 2 is 2.23 bits per heavy atom. The molecule has 134 valence electrons. The van der Waals surface area contributed by atoms with Crippen LogP contribution in [0.3, 0.4) is 0 Å². The molecule has 26 heavy (non-hydrogen) atoms. The number of likely N-dealkylation sites (tertiary alicyclic amines) is 1. The zero-order chi connectivity index (χ0) is 18.1. The van der Waals surface area contributed by atoms with Crippen molar-refractivity contribution in [1.29, 1.82) is 0 Å². The standard InChI is InChI=1S/C22H24FN3/c1-3-5-16(6-4-9-23)22-17(15-7-10-24-11-8-15)12-20(25-22)21-18-13-26(2)14-19(18)21/h1,4-8,10,12,18-19,21,24-25H,9,11,13-14H2,2H3/b6-4-,16-5+. The fraction of sp³-hybridized carbons (Fsp3) is 0.364. The van der Waals surface area contributed by atoms with Crippen LogP contribution in [0.25, 0.3) is 11.1 Å². The molecule has 1 aliphatic carbocycles. The summed E-state index contributed by atoms with van der Waals surface area (Å²) in [5, 5.41) is 3.19. The van der Waals surface area contributed by atoms with Crippen LogP contribution in [0.1, 0.15) is 22.9 Å². The number of rotatable bonds is 5. The summed E-state index contributed by atoms with van der Waals surface area (Å²) in [6.07, 6.45) is 16.7. The lowest BCUT2D eigenvalue weighted by Crippen LogP contribution is -2.18. The molecule has 3 heterocycles. The maximum absolute atomic E-state index is 12.7. The van der Waals surface area contributed by atoms with Crippen molar-refractivity contribution in [3.8, 4) is 12.3 Å². The molecule has 2 fully saturated rings. The van der Waals surface area contributed by atoms with Crippen molar-refractivity contribution >= 4 is 11.1 Å². The van der Waals surface area contributed by atoms with Gasteiger partial charge in [0.2, 0.25) is 0 Å². The summed E-state index contributed by atoms with van der Waals surface area (Å²) >= 11 is 0. The molecule has 2 N–H and O–H groups in total. The number of H-pyrrole nitrogens is 1. The third-order valence-corrected chi connectivity index (χ3v) is 5.62. The minimum atomic E-state index is -0.504. The molecule has 0 aromatic carbocycles. The summed E-state index contributed by atoms with van der Waals surface area (Å²) in [6, 6.07) is 2.27. The van der Waals surface area contributed by atoms with E-state index in [2.05, 4.69) is 46.4 Å². The molecular weight excluding hydrogens is 325 g/mol. The monoisotopic (exact) mass is 349 g/mol. The van der Waals surface area contributed by atoms with Gasteiger partial charge in [-0.05, 0) is 48.9 Å². The van der Waals surface area contributed by atoms with Crippen molar-refractivity contribution < 1.29 is 4.39 Å². The smallest absolute Gasteiger partial charge is 0.108 e. The fourth-order valence-electron chi connectivity index (χ4n) is 4.43. The predicted octanol–water partition coefficient (Wildman–Crippen LogP) is 3.33. The Kier molecular flexibility index (Phi) is 4.57. The van der Waals surface area contributed by atoms with Crippen molar-refractivity contribution in [2.75, 3.05) is 33.4 Å². The fourth-order valence-corrected chi connectivity index (χ4v) is 4.43. The number of dihydropyridines is 1. The van der Waals surface area contributed by atoms with E-state index in [1.807, 2.05) is 6.20 Å². The van der Waals surface area contributed by atoms with Crippen molar-refractivity contribution in [2.24, 2.45) is 11.8 Å². The van der Waals surface area contributed by atoms with E-state index >= 15 is 0 Å². The molecule has 0 spiro atoms. The molecule has 3 aliphatic rings. The van der Waals surface area contributed by atoms with Crippen molar-refractivity contribution in [3.63, 3.8) is 0 Å². The molecule has 0 bridgehead atoms. The normalized spacial score (nSPS) is 28.0. The lowest BCUT2D eigenvalue weighted by molar-refractivity contribution is 0.362. The van der Waals surface area contributed by atoms with E-state index in [9.17, 15) is 4.39 Å². The third-order valence-electron chi connectivity index (χ3n) is 5.62. The van der Waals surface area contributed by atoms with Crippen LogP contribution in [-0.4, -0.2) is 43.2 Å². The lowest BCUT2D eigenvalue weighted by Gasteiger charge is -2.11. The predicted molar refractivity (Wildman–Crippen MR) is 105 cm³/mol. The van der Waals surface area contributed by atoms with E-state index in [0.29, 0.717) is 5.92 Å². The quantitative estimate of drug-likeness (QED) is 0.631. The summed E-state index contributed by atoms with van der Waals surface area (Å²) in [5.41, 5.74) is 5.42. The van der Waals surface area contributed by atoms with Gasteiger partial charge in [-0.3, -0.25) is 0 Å². The first-order chi connectivity index (χ1) is 12.7. The molecule has 3 nitrogen and oxygen atoms in total. The number of nitrogens with one attached hydrogen (secondary N) is 2. The van der Waals surface area contributed by atoms with Gasteiger partial charge in [0.25, 0.3) is 0 Å². The van der Waals surface area contributed by atoms with Gasteiger partial charge in [0, 0.05) is 42.4 Å². The Hall–Kier alpha value is -2.51. The number of hydrogen-bond acceptors (Lipinski definition) is 2. The first-order valence-electron chi connectivity index (χ1n) is 9.14. The number of halogens is 1. The number of piperidine rings is 1. The molecule has 1 aromatic heterocycles. The molecule has 4 heteroatoms. The van der Waals surface area contributed by atoms with E-state index in [-0.39, 0.29) is 0 Å². The van der Waals surface area contributed by atoms with Gasteiger partial charge >= 0.3 is 0 Å². The molecule has 4 rings (SSSR count). The Morgan fingerprint density at radius 1 is 1.42 bits per heavy atom. The van der Waals surface area contributed by atoms with Crippen molar-refractivity contribution in [1.82, 2.24) is 15.2 Å². The molecule has 1 saturated carbocycles. The summed E-state index contributed by atoms with van der Waals surface area (Å²) in [5.74, 6) is 4.69. The molecule has 1 aromatic rings. The van der Waals surface area contributed by atoms with E-state index in [1.165, 1.54) is 30.4 Å². The first-order valence-corrected chi connectivity index (χ1v) is 9.14. The highest BCUT2D eigenvalue weighted by atomic mass is 19.1. The van der Waals surface area contributed by atoms with Gasteiger partial charge in [0.1, 0.15) is 6.67 Å². The van der Waals surface area contributed by atoms with Crippen LogP contribution in [0.15, 0.2) is 42.6 Å². The number of nitrogens with zero attached hydrogens (tertiary/aromatic N) is 1. The molecule has 2 unspecified atom stereocenters. The zero-order valence-corrected chi connectivity index (χ0v) is 15.0. The Balaban J connectivity index is 1.73. The van der Waals surface area contributed by atoms with Crippen LogP contribution < -0.4 is 5.32 Å². The Bertz CT molecular complexity index is 837. The molecule has 2 atom stereocenters. The van der Waals surface area contributed by atoms with E-state index < -0.39 is 6.67 Å². The topological polar surface area (TPSA) is 31.1 Å². The first kappa shape index (κ1) is 16.9. The number of aromatic nitrogens is 1. The Labute approximate surface area is 154 Å². The van der Waals surface area contributed by atoms with Crippen LogP contribution >= 0.6 is 0 Å². The average molecular weight is 349 g/mol. The number of hydrogen-bond donors (Lipinski definition) is 2. The van der Waals surface area contributed by atoms with Crippen molar-refractivity contribution in [3.05, 3.63) is 59.6 Å². The minimum Gasteiger partial charge on any atom is -0.387 e. The second-order valence-electron chi connectivity index (χ2n) is 7.31. The highest BCUT2D eigenvalue weighted by Crippen LogP contribution is 2.58. The minimum absolute atomic E-state index is 0.504. The maximum Gasteiger partial charge on any atom is 0.108 e. The van der Waals surface area contributed by atoms with Gasteiger partial charge < -0.3 is 15.2 Å². The van der Waals surface area contributed by atoms with Crippen LogP contribution in [0, 0.1) is 24.2 Å². The van der Waals surface area contributed by atoms with E-state index in [1.54, 1.807) is 12.2 Å². The number of fused-ring (bicyclic) bond motifs is 1. The van der Waals surface area contributed by atoms with Gasteiger partial charge in [0.05, 0.1) is 5.69 Å². The molecule has 1 saturated heterocycles. The summed E-state index contributed by atoms with van der Waals surface area (Å²) in [7, 11) is 2.19. The summed E-state index contributed by atoms with van der Waals surface area (Å²) in [4.78, 5) is 6.03. The van der Waals surface area contributed by atoms with Crippen LogP contribution in [0.2, 0.25) is 0 Å². The van der Waals surface area contributed by atoms with Gasteiger partial charge in [-0.2, -0.15) is 0 Å². The zero-order valence-electron chi connectivity index (χ0n) is 15.0. The number of allylic oxidation sites excluding steroid dienone is 6. The molecular formula is C22H24FN3. The van der Waals surface area contributed by atoms with Gasteiger partial charge in [0.15, 0.2) is 0 Å². The summed E-state index contributed by atoms with van der Waals surface area (Å²) < 4.78 is 12.7. The highest BCUT2D eigenvalue weighted by Gasteiger charge is 2.56. The SMILES string of the molecule is C#C/C=C(\C=C/CF)c1[nH]c(C2C3CN(C)CC32)cc1C1=CCNC=C1. The average Bonchev–Trinajstić information content (AvgIpc) is 3.00. The van der Waals surface area contributed by atoms with Crippen LogP contribution in [0.5, 0.6) is 0 Å². The molecule has 0 radical (unpaired) electrons. The van der Waals surface area contributed by atoms with Gasteiger partial charge in [-0.1, -0.05) is 24.1 Å². The largest absolute Gasteiger partial charge is 0.387 e. The highest BCUT2D eigenvalue weighted by molar-refractivity contribution is 5.87. The van der Waals surface area contributed by atoms with Gasteiger partial charge in [-0.15, -0.1) is 6.42 Å². The number of aromatic amines is 1.